The molecule has 1 aliphatic rings. The Labute approximate surface area is 123 Å². The maximum atomic E-state index is 12.1. The first-order valence-electron chi connectivity index (χ1n) is 6.96. The van der Waals surface area contributed by atoms with Crippen molar-refractivity contribution in [1.82, 2.24) is 5.32 Å². The third kappa shape index (κ3) is 2.99. The molecule has 4 heteroatoms. The van der Waals surface area contributed by atoms with E-state index in [4.69, 9.17) is 9.47 Å². The Hall–Kier alpha value is -2.49. The minimum Gasteiger partial charge on any atom is -0.486 e. The molecule has 0 aromatic heterocycles. The first-order chi connectivity index (χ1) is 10.2. The number of aryl methyl sites for hydroxylation is 1. The van der Waals surface area contributed by atoms with E-state index in [1.54, 1.807) is 0 Å². The molecule has 2 aromatic carbocycles. The fourth-order valence-corrected chi connectivity index (χ4v) is 2.29. The fourth-order valence-electron chi connectivity index (χ4n) is 2.29. The Morgan fingerprint density at radius 3 is 2.67 bits per heavy atom. The average molecular weight is 283 g/mol. The molecule has 0 fully saturated rings. The molecule has 21 heavy (non-hydrogen) atoms. The van der Waals surface area contributed by atoms with Crippen molar-refractivity contribution in [2.75, 3.05) is 13.2 Å². The first-order valence-corrected chi connectivity index (χ1v) is 6.96. The molecular weight excluding hydrogens is 266 g/mol. The van der Waals surface area contributed by atoms with Crippen molar-refractivity contribution in [1.29, 1.82) is 0 Å². The zero-order chi connectivity index (χ0) is 14.7. The largest absolute Gasteiger partial charge is 0.486 e. The molecule has 1 amide bonds. The van der Waals surface area contributed by atoms with Gasteiger partial charge in [0.05, 0.1) is 6.54 Å². The van der Waals surface area contributed by atoms with E-state index in [2.05, 4.69) is 5.32 Å². The quantitative estimate of drug-likeness (QED) is 0.941. The Morgan fingerprint density at radius 1 is 1.14 bits per heavy atom. The number of fused-ring (bicyclic) bond motifs is 1. The van der Waals surface area contributed by atoms with Gasteiger partial charge in [-0.1, -0.05) is 30.3 Å². The van der Waals surface area contributed by atoms with E-state index in [1.165, 1.54) is 0 Å². The van der Waals surface area contributed by atoms with Crippen LogP contribution < -0.4 is 14.8 Å². The summed E-state index contributed by atoms with van der Waals surface area (Å²) < 4.78 is 11.4. The number of ether oxygens (including phenoxy) is 2. The van der Waals surface area contributed by atoms with Gasteiger partial charge >= 0.3 is 0 Å². The van der Waals surface area contributed by atoms with Crippen molar-refractivity contribution >= 4 is 5.91 Å². The van der Waals surface area contributed by atoms with E-state index in [0.717, 1.165) is 17.1 Å². The molecule has 0 aliphatic carbocycles. The number of carbonyl (C=O) groups excluding carboxylic acids is 1. The molecule has 1 N–H and O–H groups in total. The molecule has 4 nitrogen and oxygen atoms in total. The minimum absolute atomic E-state index is 0.0874. The Morgan fingerprint density at radius 2 is 1.86 bits per heavy atom. The summed E-state index contributed by atoms with van der Waals surface area (Å²) in [6.07, 6.45) is -0.173. The van der Waals surface area contributed by atoms with Crippen LogP contribution >= 0.6 is 0 Å². The van der Waals surface area contributed by atoms with Crippen LogP contribution in [-0.4, -0.2) is 25.2 Å². The van der Waals surface area contributed by atoms with Crippen LogP contribution in [0.1, 0.15) is 15.9 Å². The first kappa shape index (κ1) is 13.5. The smallest absolute Gasteiger partial charge is 0.251 e. The topological polar surface area (TPSA) is 47.6 Å². The fraction of sp³-hybridized carbons (Fsp3) is 0.235. The van der Waals surface area contributed by atoms with Gasteiger partial charge in [0.25, 0.3) is 5.91 Å². The van der Waals surface area contributed by atoms with Crippen LogP contribution in [0.25, 0.3) is 0 Å². The molecule has 1 aliphatic heterocycles. The average Bonchev–Trinajstić information content (AvgIpc) is 2.53. The van der Waals surface area contributed by atoms with Crippen LogP contribution in [0.3, 0.4) is 0 Å². The Kier molecular flexibility index (Phi) is 3.77. The third-order valence-electron chi connectivity index (χ3n) is 3.45. The normalized spacial score (nSPS) is 16.3. The van der Waals surface area contributed by atoms with Gasteiger partial charge in [0.1, 0.15) is 12.7 Å². The highest BCUT2D eigenvalue weighted by molar-refractivity contribution is 5.95. The number of benzene rings is 2. The Balaban J connectivity index is 1.59. The summed E-state index contributed by atoms with van der Waals surface area (Å²) in [5, 5.41) is 2.90. The molecule has 108 valence electrons. The van der Waals surface area contributed by atoms with Gasteiger partial charge < -0.3 is 14.8 Å². The predicted molar refractivity (Wildman–Crippen MR) is 79.9 cm³/mol. The second kappa shape index (κ2) is 5.87. The SMILES string of the molecule is Cc1ccccc1C(=O)NC[C@@H]1COc2ccccc2O1. The number of carbonyl (C=O) groups is 1. The van der Waals surface area contributed by atoms with Crippen molar-refractivity contribution < 1.29 is 14.3 Å². The van der Waals surface area contributed by atoms with E-state index < -0.39 is 0 Å². The molecule has 0 unspecified atom stereocenters. The number of rotatable bonds is 3. The van der Waals surface area contributed by atoms with Gasteiger partial charge in [0.15, 0.2) is 11.5 Å². The summed E-state index contributed by atoms with van der Waals surface area (Å²) >= 11 is 0. The zero-order valence-electron chi connectivity index (χ0n) is 11.8. The number of hydrogen-bond acceptors (Lipinski definition) is 3. The second-order valence-corrected chi connectivity index (χ2v) is 5.02. The Bertz CT molecular complexity index is 654. The van der Waals surface area contributed by atoms with Gasteiger partial charge in [-0.05, 0) is 30.7 Å². The van der Waals surface area contributed by atoms with Gasteiger partial charge in [0.2, 0.25) is 0 Å². The lowest BCUT2D eigenvalue weighted by atomic mass is 10.1. The van der Waals surface area contributed by atoms with Gasteiger partial charge in [0, 0.05) is 5.56 Å². The third-order valence-corrected chi connectivity index (χ3v) is 3.45. The summed E-state index contributed by atoms with van der Waals surface area (Å²) in [6, 6.07) is 15.1. The van der Waals surface area contributed by atoms with Crippen LogP contribution in [-0.2, 0) is 0 Å². The molecule has 0 saturated carbocycles. The lowest BCUT2D eigenvalue weighted by Crippen LogP contribution is -2.40. The number of amides is 1. The number of para-hydroxylation sites is 2. The highest BCUT2D eigenvalue weighted by Crippen LogP contribution is 2.30. The summed E-state index contributed by atoms with van der Waals surface area (Å²) in [6.45, 7) is 2.78. The van der Waals surface area contributed by atoms with Gasteiger partial charge in [-0.2, -0.15) is 0 Å². The highest BCUT2D eigenvalue weighted by Gasteiger charge is 2.21. The van der Waals surface area contributed by atoms with E-state index in [0.29, 0.717) is 18.7 Å². The molecule has 0 radical (unpaired) electrons. The summed E-state index contributed by atoms with van der Waals surface area (Å²) in [5.41, 5.74) is 1.65. The van der Waals surface area contributed by atoms with Gasteiger partial charge in [-0.15, -0.1) is 0 Å². The van der Waals surface area contributed by atoms with Crippen LogP contribution in [0.15, 0.2) is 48.5 Å². The lowest BCUT2D eigenvalue weighted by molar-refractivity contribution is 0.0789. The number of hydrogen-bond donors (Lipinski definition) is 1. The van der Waals surface area contributed by atoms with Gasteiger partial charge in [-0.25, -0.2) is 0 Å². The summed E-state index contributed by atoms with van der Waals surface area (Å²) in [5.74, 6) is 1.38. The summed E-state index contributed by atoms with van der Waals surface area (Å²) in [7, 11) is 0. The van der Waals surface area contributed by atoms with E-state index in [9.17, 15) is 4.79 Å². The van der Waals surface area contributed by atoms with Crippen molar-refractivity contribution in [3.05, 3.63) is 59.7 Å². The molecule has 1 atom stereocenters. The maximum absolute atomic E-state index is 12.1. The van der Waals surface area contributed by atoms with Gasteiger partial charge in [-0.3, -0.25) is 4.79 Å². The molecule has 1 heterocycles. The van der Waals surface area contributed by atoms with Crippen molar-refractivity contribution in [3.63, 3.8) is 0 Å². The van der Waals surface area contributed by atoms with Crippen LogP contribution in [0.4, 0.5) is 0 Å². The lowest BCUT2D eigenvalue weighted by Gasteiger charge is -2.26. The molecule has 0 spiro atoms. The van der Waals surface area contributed by atoms with Crippen LogP contribution in [0.2, 0.25) is 0 Å². The van der Waals surface area contributed by atoms with E-state index in [-0.39, 0.29) is 12.0 Å². The molecule has 3 rings (SSSR count). The minimum atomic E-state index is -0.173. The predicted octanol–water partition coefficient (Wildman–Crippen LogP) is 2.56. The standard InChI is InChI=1S/C17H17NO3/c1-12-6-2-3-7-14(12)17(19)18-10-13-11-20-15-8-4-5-9-16(15)21-13/h2-9,13H,10-11H2,1H3,(H,18,19)/t13-/m1/s1. The molecule has 0 bridgehead atoms. The van der Waals surface area contributed by atoms with Crippen molar-refractivity contribution in [2.24, 2.45) is 0 Å². The van der Waals surface area contributed by atoms with E-state index >= 15 is 0 Å². The van der Waals surface area contributed by atoms with Crippen LogP contribution in [0.5, 0.6) is 11.5 Å². The van der Waals surface area contributed by atoms with E-state index in [1.807, 2.05) is 55.5 Å². The number of nitrogens with one attached hydrogen (secondary N) is 1. The van der Waals surface area contributed by atoms with Crippen molar-refractivity contribution in [3.8, 4) is 11.5 Å². The monoisotopic (exact) mass is 283 g/mol. The summed E-state index contributed by atoms with van der Waals surface area (Å²) in [4.78, 5) is 12.1. The molecule has 2 aromatic rings. The van der Waals surface area contributed by atoms with Crippen LogP contribution in [0, 0.1) is 6.92 Å². The maximum Gasteiger partial charge on any atom is 0.251 e. The van der Waals surface area contributed by atoms with Crippen molar-refractivity contribution in [2.45, 2.75) is 13.0 Å². The highest BCUT2D eigenvalue weighted by atomic mass is 16.6. The molecule has 0 saturated heterocycles. The second-order valence-electron chi connectivity index (χ2n) is 5.02. The molecular formula is C17H17NO3. The zero-order valence-corrected chi connectivity index (χ0v) is 11.8.